The number of benzene rings is 1. The minimum Gasteiger partial charge on any atom is -0.486 e. The van der Waals surface area contributed by atoms with Crippen LogP contribution in [0.4, 0.5) is 0 Å². The quantitative estimate of drug-likeness (QED) is 0.790. The Morgan fingerprint density at radius 3 is 2.46 bits per heavy atom. The molecule has 1 aromatic rings. The highest BCUT2D eigenvalue weighted by atomic mass is 16.6. The van der Waals surface area contributed by atoms with E-state index in [-0.39, 0.29) is 30.1 Å². The zero-order valence-corrected chi connectivity index (χ0v) is 14.9. The van der Waals surface area contributed by atoms with Crippen molar-refractivity contribution in [3.8, 4) is 11.5 Å². The first-order valence-electron chi connectivity index (χ1n) is 9.48. The van der Waals surface area contributed by atoms with E-state index in [4.69, 9.17) is 14.2 Å². The molecule has 1 aromatic carbocycles. The van der Waals surface area contributed by atoms with Gasteiger partial charge in [0, 0.05) is 37.2 Å². The van der Waals surface area contributed by atoms with Crippen molar-refractivity contribution in [2.75, 3.05) is 26.4 Å². The smallest absolute Gasteiger partial charge is 0.220 e. The molecule has 2 aliphatic heterocycles. The fourth-order valence-electron chi connectivity index (χ4n) is 3.94. The number of ether oxygens (including phenoxy) is 3. The van der Waals surface area contributed by atoms with Gasteiger partial charge in [0.2, 0.25) is 5.91 Å². The van der Waals surface area contributed by atoms with Gasteiger partial charge in [-0.05, 0) is 49.8 Å². The molecule has 1 saturated carbocycles. The molecule has 140 valence electrons. The lowest BCUT2D eigenvalue weighted by Crippen LogP contribution is -2.53. The molecule has 1 saturated heterocycles. The van der Waals surface area contributed by atoms with Crippen LogP contribution in [0, 0.1) is 5.92 Å². The summed E-state index contributed by atoms with van der Waals surface area (Å²) in [5, 5.41) is 3.24. The number of amides is 1. The maximum Gasteiger partial charge on any atom is 0.220 e. The summed E-state index contributed by atoms with van der Waals surface area (Å²) < 4.78 is 16.4. The van der Waals surface area contributed by atoms with Gasteiger partial charge in [-0.1, -0.05) is 0 Å². The topological polar surface area (TPSA) is 73.9 Å². The lowest BCUT2D eigenvalue weighted by atomic mass is 9.84. The minimum absolute atomic E-state index is 0.0373. The molecule has 0 aromatic heterocycles. The zero-order valence-electron chi connectivity index (χ0n) is 14.9. The van der Waals surface area contributed by atoms with Gasteiger partial charge in [-0.3, -0.25) is 9.59 Å². The van der Waals surface area contributed by atoms with Crippen LogP contribution in [0.1, 0.15) is 48.9 Å². The number of ketones is 1. The van der Waals surface area contributed by atoms with E-state index in [2.05, 4.69) is 5.32 Å². The van der Waals surface area contributed by atoms with E-state index in [1.165, 1.54) is 12.8 Å². The SMILES string of the molecule is O=C(CCC(=O)c1ccc2c(c1)OCCO2)NC1(C2CC2)CCOCC1. The number of carbonyl (C=O) groups is 2. The van der Waals surface area contributed by atoms with E-state index in [1.54, 1.807) is 18.2 Å². The second-order valence-electron chi connectivity index (χ2n) is 7.37. The van der Waals surface area contributed by atoms with Crippen LogP contribution in [-0.2, 0) is 9.53 Å². The van der Waals surface area contributed by atoms with Crippen molar-refractivity contribution in [3.63, 3.8) is 0 Å². The Morgan fingerprint density at radius 1 is 1.00 bits per heavy atom. The number of fused-ring (bicyclic) bond motifs is 1. The van der Waals surface area contributed by atoms with Gasteiger partial charge >= 0.3 is 0 Å². The predicted molar refractivity (Wildman–Crippen MR) is 94.6 cm³/mol. The van der Waals surface area contributed by atoms with Gasteiger partial charge < -0.3 is 19.5 Å². The standard InChI is InChI=1S/C20H25NO5/c22-16(14-1-5-17-18(13-14)26-12-11-25-17)4-6-19(23)21-20(15-2-3-15)7-9-24-10-8-20/h1,5,13,15H,2-4,6-12H2,(H,21,23). The average Bonchev–Trinajstić information content (AvgIpc) is 3.52. The molecule has 0 radical (unpaired) electrons. The van der Waals surface area contributed by atoms with Crippen LogP contribution in [-0.4, -0.2) is 43.7 Å². The second kappa shape index (κ2) is 7.27. The third kappa shape index (κ3) is 3.70. The highest BCUT2D eigenvalue weighted by Crippen LogP contribution is 2.44. The van der Waals surface area contributed by atoms with Gasteiger partial charge in [-0.15, -0.1) is 0 Å². The Labute approximate surface area is 153 Å². The first-order valence-corrected chi connectivity index (χ1v) is 9.48. The molecule has 0 spiro atoms. The normalized spacial score (nSPS) is 21.1. The van der Waals surface area contributed by atoms with Gasteiger partial charge in [0.1, 0.15) is 13.2 Å². The van der Waals surface area contributed by atoms with Crippen LogP contribution < -0.4 is 14.8 Å². The van der Waals surface area contributed by atoms with Crippen molar-refractivity contribution in [3.05, 3.63) is 23.8 Å². The predicted octanol–water partition coefficient (Wildman–Crippen LogP) is 2.50. The van der Waals surface area contributed by atoms with Gasteiger partial charge in [0.05, 0.1) is 0 Å². The van der Waals surface area contributed by atoms with Crippen LogP contribution in [0.5, 0.6) is 11.5 Å². The molecule has 2 fully saturated rings. The van der Waals surface area contributed by atoms with Gasteiger partial charge in [0.15, 0.2) is 17.3 Å². The van der Waals surface area contributed by atoms with E-state index < -0.39 is 0 Å². The minimum atomic E-state index is -0.116. The Hall–Kier alpha value is -2.08. The summed E-state index contributed by atoms with van der Waals surface area (Å²) in [4.78, 5) is 24.9. The molecule has 6 heteroatoms. The van der Waals surface area contributed by atoms with Crippen molar-refractivity contribution < 1.29 is 23.8 Å². The number of hydrogen-bond acceptors (Lipinski definition) is 5. The van der Waals surface area contributed by atoms with Crippen molar-refractivity contribution in [2.45, 2.75) is 44.1 Å². The first kappa shape index (κ1) is 17.3. The summed E-state index contributed by atoms with van der Waals surface area (Å²) in [6.45, 7) is 2.41. The summed E-state index contributed by atoms with van der Waals surface area (Å²) in [5.41, 5.74) is 0.445. The Balaban J connectivity index is 1.33. The number of carbonyl (C=O) groups excluding carboxylic acids is 2. The third-order valence-electron chi connectivity index (χ3n) is 5.58. The lowest BCUT2D eigenvalue weighted by Gasteiger charge is -2.38. The molecule has 6 nitrogen and oxygen atoms in total. The highest BCUT2D eigenvalue weighted by molar-refractivity contribution is 5.98. The molecule has 1 aliphatic carbocycles. The lowest BCUT2D eigenvalue weighted by molar-refractivity contribution is -0.124. The fourth-order valence-corrected chi connectivity index (χ4v) is 3.94. The molecule has 0 unspecified atom stereocenters. The Kier molecular flexibility index (Phi) is 4.85. The fraction of sp³-hybridized carbons (Fsp3) is 0.600. The summed E-state index contributed by atoms with van der Waals surface area (Å²) in [6.07, 6.45) is 4.51. The number of Topliss-reactive ketones (excluding diaryl/α,β-unsaturated/α-hetero) is 1. The molecular formula is C20H25NO5. The maximum atomic E-state index is 12.5. The Bertz CT molecular complexity index is 691. The molecule has 3 aliphatic rings. The number of rotatable bonds is 6. The van der Waals surface area contributed by atoms with Crippen molar-refractivity contribution in [1.29, 1.82) is 0 Å². The molecule has 4 rings (SSSR count). The molecular weight excluding hydrogens is 334 g/mol. The highest BCUT2D eigenvalue weighted by Gasteiger charge is 2.46. The average molecular weight is 359 g/mol. The summed E-state index contributed by atoms with van der Waals surface area (Å²) in [6, 6.07) is 5.20. The van der Waals surface area contributed by atoms with Crippen LogP contribution in [0.3, 0.4) is 0 Å². The van der Waals surface area contributed by atoms with E-state index >= 15 is 0 Å². The van der Waals surface area contributed by atoms with Crippen LogP contribution in [0.2, 0.25) is 0 Å². The largest absolute Gasteiger partial charge is 0.486 e. The van der Waals surface area contributed by atoms with Gasteiger partial charge in [-0.2, -0.15) is 0 Å². The van der Waals surface area contributed by atoms with Crippen molar-refractivity contribution >= 4 is 11.7 Å². The first-order chi connectivity index (χ1) is 12.7. The summed E-state index contributed by atoms with van der Waals surface area (Å²) >= 11 is 0. The van der Waals surface area contributed by atoms with Crippen LogP contribution in [0.15, 0.2) is 18.2 Å². The summed E-state index contributed by atoms with van der Waals surface area (Å²) in [7, 11) is 0. The zero-order chi connectivity index (χ0) is 18.0. The molecule has 0 atom stereocenters. The van der Waals surface area contributed by atoms with E-state index in [1.807, 2.05) is 0 Å². The summed E-state index contributed by atoms with van der Waals surface area (Å²) in [5.74, 6) is 1.75. The van der Waals surface area contributed by atoms with E-state index in [9.17, 15) is 9.59 Å². The maximum absolute atomic E-state index is 12.5. The molecule has 26 heavy (non-hydrogen) atoms. The van der Waals surface area contributed by atoms with E-state index in [0.717, 1.165) is 12.8 Å². The third-order valence-corrected chi connectivity index (χ3v) is 5.58. The number of hydrogen-bond donors (Lipinski definition) is 1. The van der Waals surface area contributed by atoms with Crippen LogP contribution in [0.25, 0.3) is 0 Å². The monoisotopic (exact) mass is 359 g/mol. The second-order valence-corrected chi connectivity index (χ2v) is 7.37. The van der Waals surface area contributed by atoms with E-state index in [0.29, 0.717) is 49.4 Å². The van der Waals surface area contributed by atoms with Crippen molar-refractivity contribution in [2.24, 2.45) is 5.92 Å². The van der Waals surface area contributed by atoms with Gasteiger partial charge in [0.25, 0.3) is 0 Å². The van der Waals surface area contributed by atoms with Gasteiger partial charge in [-0.25, -0.2) is 0 Å². The van der Waals surface area contributed by atoms with Crippen LogP contribution >= 0.6 is 0 Å². The molecule has 2 heterocycles. The number of nitrogens with one attached hydrogen (secondary N) is 1. The molecule has 0 bridgehead atoms. The molecule has 1 amide bonds. The van der Waals surface area contributed by atoms with Crippen molar-refractivity contribution in [1.82, 2.24) is 5.32 Å². The molecule has 1 N–H and O–H groups in total. The Morgan fingerprint density at radius 2 is 1.73 bits per heavy atom.